The zero-order valence-corrected chi connectivity index (χ0v) is 18.2. The van der Waals surface area contributed by atoms with Crippen LogP contribution in [-0.2, 0) is 9.63 Å². The first kappa shape index (κ1) is 22.1. The molecule has 1 aliphatic rings. The van der Waals surface area contributed by atoms with E-state index < -0.39 is 18.6 Å². The summed E-state index contributed by atoms with van der Waals surface area (Å²) in [5, 5.41) is 9.80. The molecule has 8 nitrogen and oxygen atoms in total. The normalized spacial score (nSPS) is 16.4. The van der Waals surface area contributed by atoms with Gasteiger partial charge in [-0.2, -0.15) is 0 Å². The van der Waals surface area contributed by atoms with E-state index in [-0.39, 0.29) is 5.91 Å². The van der Waals surface area contributed by atoms with Gasteiger partial charge in [0.15, 0.2) is 0 Å². The Balaban J connectivity index is 1.39. The number of nitrogens with two attached hydrogens (primary N) is 1. The molecule has 0 bridgehead atoms. The minimum atomic E-state index is -0.784. The van der Waals surface area contributed by atoms with Crippen LogP contribution in [-0.4, -0.2) is 12.3 Å². The first-order valence-electron chi connectivity index (χ1n) is 10.2. The number of anilines is 2. The fourth-order valence-corrected chi connectivity index (χ4v) is 3.49. The summed E-state index contributed by atoms with van der Waals surface area (Å²) in [5.74, 6) is -0.328. The Morgan fingerprint density at radius 2 is 1.72 bits per heavy atom. The number of hydrogen-bond donors (Lipinski definition) is 6. The number of halogens is 1. The van der Waals surface area contributed by atoms with E-state index in [4.69, 9.17) is 22.2 Å². The van der Waals surface area contributed by atoms with Crippen molar-refractivity contribution >= 4 is 28.9 Å². The molecule has 1 heterocycles. The van der Waals surface area contributed by atoms with E-state index in [1.54, 1.807) is 24.3 Å². The molecule has 4 rings (SSSR count). The SMILES string of the molecule is Cc1ccc2c(c1)NC(ONNC(C(=O)NC(N)c1ccccc1)c1ccc(Cl)cc1)N2. The standard InChI is InChI=1S/C23H25ClN6O2/c1-14-7-12-18-19(13-14)27-23(26-18)32-30-29-20(15-8-10-17(24)11-9-15)22(31)28-21(25)16-5-3-2-4-6-16/h2-13,20-21,23,26-27,29-30H,25H2,1H3,(H,28,31). The summed E-state index contributed by atoms with van der Waals surface area (Å²) in [6.45, 7) is 2.02. The molecular formula is C23H25ClN6O2. The number of nitrogens with one attached hydrogen (secondary N) is 5. The van der Waals surface area contributed by atoms with Crippen molar-refractivity contribution in [1.29, 1.82) is 0 Å². The molecule has 0 aliphatic carbocycles. The van der Waals surface area contributed by atoms with Gasteiger partial charge in [0.25, 0.3) is 0 Å². The third-order valence-electron chi connectivity index (χ3n) is 5.05. The van der Waals surface area contributed by atoms with Crippen LogP contribution in [0.15, 0.2) is 72.8 Å². The Hall–Kier alpha value is -3.14. The first-order chi connectivity index (χ1) is 15.5. The van der Waals surface area contributed by atoms with Crippen LogP contribution in [0.3, 0.4) is 0 Å². The lowest BCUT2D eigenvalue weighted by molar-refractivity contribution is -0.126. The highest BCUT2D eigenvalue weighted by Gasteiger charge is 2.24. The molecule has 3 aromatic carbocycles. The number of carbonyl (C=O) groups is 1. The molecule has 7 N–H and O–H groups in total. The van der Waals surface area contributed by atoms with Gasteiger partial charge in [-0.15, -0.1) is 5.59 Å². The molecule has 0 saturated carbocycles. The van der Waals surface area contributed by atoms with Crippen LogP contribution >= 0.6 is 11.6 Å². The van der Waals surface area contributed by atoms with Crippen LogP contribution in [0.1, 0.15) is 28.9 Å². The number of amides is 1. The average Bonchev–Trinajstić information content (AvgIpc) is 3.20. The summed E-state index contributed by atoms with van der Waals surface area (Å²) in [5.41, 5.74) is 16.3. The molecule has 3 unspecified atom stereocenters. The molecule has 1 amide bonds. The molecule has 0 spiro atoms. The summed E-state index contributed by atoms with van der Waals surface area (Å²) in [4.78, 5) is 18.7. The third kappa shape index (κ3) is 5.37. The van der Waals surface area contributed by atoms with Gasteiger partial charge in [0.1, 0.15) is 12.2 Å². The molecule has 32 heavy (non-hydrogen) atoms. The van der Waals surface area contributed by atoms with E-state index in [1.807, 2.05) is 55.5 Å². The van der Waals surface area contributed by atoms with Gasteiger partial charge in [-0.05, 0) is 47.9 Å². The zero-order chi connectivity index (χ0) is 22.5. The molecular weight excluding hydrogens is 428 g/mol. The van der Waals surface area contributed by atoms with E-state index in [9.17, 15) is 4.79 Å². The topological polar surface area (TPSA) is 112 Å². The maximum atomic E-state index is 13.0. The lowest BCUT2D eigenvalue weighted by Gasteiger charge is -2.23. The minimum Gasteiger partial charge on any atom is -0.340 e. The van der Waals surface area contributed by atoms with E-state index in [0.29, 0.717) is 10.6 Å². The second kappa shape index (κ2) is 9.99. The Morgan fingerprint density at radius 3 is 2.47 bits per heavy atom. The van der Waals surface area contributed by atoms with E-state index in [1.165, 1.54) is 0 Å². The van der Waals surface area contributed by atoms with Crippen LogP contribution in [0.5, 0.6) is 0 Å². The van der Waals surface area contributed by atoms with E-state index >= 15 is 0 Å². The van der Waals surface area contributed by atoms with E-state index in [2.05, 4.69) is 27.0 Å². The number of hydrazine groups is 1. The second-order valence-corrected chi connectivity index (χ2v) is 7.90. The van der Waals surface area contributed by atoms with Gasteiger partial charge in [0.2, 0.25) is 12.3 Å². The lowest BCUT2D eigenvalue weighted by Crippen LogP contribution is -2.48. The largest absolute Gasteiger partial charge is 0.340 e. The summed E-state index contributed by atoms with van der Waals surface area (Å²) >= 11 is 6.01. The van der Waals surface area contributed by atoms with Crippen LogP contribution in [0.25, 0.3) is 0 Å². The van der Waals surface area contributed by atoms with Crippen molar-refractivity contribution < 1.29 is 9.63 Å². The second-order valence-electron chi connectivity index (χ2n) is 7.46. The molecule has 1 aliphatic heterocycles. The zero-order valence-electron chi connectivity index (χ0n) is 17.4. The lowest BCUT2D eigenvalue weighted by atomic mass is 10.1. The minimum absolute atomic E-state index is 0.328. The van der Waals surface area contributed by atoms with Crippen molar-refractivity contribution in [1.82, 2.24) is 16.3 Å². The van der Waals surface area contributed by atoms with Gasteiger partial charge in [-0.3, -0.25) is 4.79 Å². The highest BCUT2D eigenvalue weighted by molar-refractivity contribution is 6.30. The van der Waals surface area contributed by atoms with Gasteiger partial charge < -0.3 is 21.7 Å². The highest BCUT2D eigenvalue weighted by Crippen LogP contribution is 2.29. The van der Waals surface area contributed by atoms with Gasteiger partial charge in [-0.1, -0.05) is 60.1 Å². The van der Waals surface area contributed by atoms with Crippen molar-refractivity contribution in [3.05, 3.63) is 94.5 Å². The van der Waals surface area contributed by atoms with Crippen molar-refractivity contribution in [2.24, 2.45) is 5.73 Å². The Morgan fingerprint density at radius 1 is 1.00 bits per heavy atom. The van der Waals surface area contributed by atoms with Gasteiger partial charge in [0, 0.05) is 5.02 Å². The molecule has 3 aromatic rings. The summed E-state index contributed by atoms with van der Waals surface area (Å²) in [6.07, 6.45) is -1.17. The fourth-order valence-electron chi connectivity index (χ4n) is 3.37. The molecule has 0 fully saturated rings. The highest BCUT2D eigenvalue weighted by atomic mass is 35.5. The Kier molecular flexibility index (Phi) is 6.89. The third-order valence-corrected chi connectivity index (χ3v) is 5.30. The Bertz CT molecular complexity index is 1060. The molecule has 3 atom stereocenters. The number of hydrogen-bond acceptors (Lipinski definition) is 7. The predicted octanol–water partition coefficient (Wildman–Crippen LogP) is 3.31. The summed E-state index contributed by atoms with van der Waals surface area (Å²) in [7, 11) is 0. The Labute approximate surface area is 191 Å². The summed E-state index contributed by atoms with van der Waals surface area (Å²) in [6, 6.07) is 21.5. The number of benzene rings is 3. The van der Waals surface area contributed by atoms with Crippen molar-refractivity contribution in [3.8, 4) is 0 Å². The number of fused-ring (bicyclic) bond motifs is 1. The molecule has 0 radical (unpaired) electrons. The van der Waals surface area contributed by atoms with Crippen LogP contribution in [0.4, 0.5) is 11.4 Å². The van der Waals surface area contributed by atoms with Crippen molar-refractivity contribution in [2.45, 2.75) is 25.5 Å². The van der Waals surface area contributed by atoms with Gasteiger partial charge >= 0.3 is 0 Å². The van der Waals surface area contributed by atoms with Gasteiger partial charge in [0.05, 0.1) is 11.4 Å². The monoisotopic (exact) mass is 452 g/mol. The number of rotatable bonds is 8. The molecule has 0 aromatic heterocycles. The average molecular weight is 453 g/mol. The summed E-state index contributed by atoms with van der Waals surface area (Å²) < 4.78 is 0. The van der Waals surface area contributed by atoms with Crippen LogP contribution in [0, 0.1) is 6.92 Å². The predicted molar refractivity (Wildman–Crippen MR) is 125 cm³/mol. The van der Waals surface area contributed by atoms with Crippen molar-refractivity contribution in [3.63, 3.8) is 0 Å². The quantitative estimate of drug-likeness (QED) is 0.229. The van der Waals surface area contributed by atoms with Crippen molar-refractivity contribution in [2.75, 3.05) is 10.6 Å². The first-order valence-corrected chi connectivity index (χ1v) is 10.5. The van der Waals surface area contributed by atoms with E-state index in [0.717, 1.165) is 22.5 Å². The maximum absolute atomic E-state index is 13.0. The number of carbonyl (C=O) groups excluding carboxylic acids is 1. The van der Waals surface area contributed by atoms with Crippen LogP contribution in [0.2, 0.25) is 5.02 Å². The molecule has 0 saturated heterocycles. The fraction of sp³-hybridized carbons (Fsp3) is 0.174. The molecule has 9 heteroatoms. The number of aryl methyl sites for hydroxylation is 1. The maximum Gasteiger partial charge on any atom is 0.244 e. The molecule has 166 valence electrons. The van der Waals surface area contributed by atoms with Crippen LogP contribution < -0.4 is 32.7 Å². The van der Waals surface area contributed by atoms with Gasteiger partial charge in [-0.25, -0.2) is 10.3 Å². The smallest absolute Gasteiger partial charge is 0.244 e.